The Balaban J connectivity index is 1.65. The molecule has 0 spiro atoms. The predicted octanol–water partition coefficient (Wildman–Crippen LogP) is 2.29. The van der Waals surface area contributed by atoms with Gasteiger partial charge in [-0.3, -0.25) is 9.78 Å². The van der Waals surface area contributed by atoms with Crippen LogP contribution in [-0.4, -0.2) is 35.4 Å². The van der Waals surface area contributed by atoms with Crippen LogP contribution in [0, 0.1) is 5.92 Å². The summed E-state index contributed by atoms with van der Waals surface area (Å²) < 4.78 is 5.67. The minimum Gasteiger partial charge on any atom is -0.456 e. The predicted molar refractivity (Wildman–Crippen MR) is 83.8 cm³/mol. The Kier molecular flexibility index (Phi) is 4.34. The summed E-state index contributed by atoms with van der Waals surface area (Å²) in [6.07, 6.45) is 4.33. The van der Waals surface area contributed by atoms with E-state index in [0.717, 1.165) is 19.5 Å². The molecule has 1 amide bonds. The zero-order valence-corrected chi connectivity index (χ0v) is 12.3. The molecule has 5 nitrogen and oxygen atoms in total. The number of carbonyl (C=O) groups is 1. The second-order valence-corrected chi connectivity index (χ2v) is 5.46. The van der Waals surface area contributed by atoms with Gasteiger partial charge in [-0.05, 0) is 55.3 Å². The molecule has 1 unspecified atom stereocenters. The maximum absolute atomic E-state index is 12.4. The van der Waals surface area contributed by atoms with Gasteiger partial charge in [0.15, 0.2) is 0 Å². The van der Waals surface area contributed by atoms with Gasteiger partial charge in [0.1, 0.15) is 11.5 Å². The summed E-state index contributed by atoms with van der Waals surface area (Å²) >= 11 is 0. The number of nitrogens with zero attached hydrogens (tertiary/aromatic N) is 2. The molecule has 1 aliphatic heterocycles. The lowest BCUT2D eigenvalue weighted by molar-refractivity contribution is 0.0787. The van der Waals surface area contributed by atoms with Crippen LogP contribution in [-0.2, 0) is 0 Å². The Labute approximate surface area is 129 Å². The Morgan fingerprint density at radius 1 is 1.27 bits per heavy atom. The van der Waals surface area contributed by atoms with E-state index in [2.05, 4.69) is 4.98 Å². The largest absolute Gasteiger partial charge is 0.456 e. The molecule has 3 rings (SSSR count). The first-order chi connectivity index (χ1) is 10.8. The van der Waals surface area contributed by atoms with Gasteiger partial charge in [-0.1, -0.05) is 0 Å². The summed E-state index contributed by atoms with van der Waals surface area (Å²) in [5.41, 5.74) is 6.35. The summed E-state index contributed by atoms with van der Waals surface area (Å²) in [5, 5.41) is 0. The minimum absolute atomic E-state index is 0.0591. The summed E-state index contributed by atoms with van der Waals surface area (Å²) in [4.78, 5) is 18.3. The van der Waals surface area contributed by atoms with E-state index in [1.807, 2.05) is 17.0 Å². The number of carbonyl (C=O) groups excluding carboxylic acids is 1. The second kappa shape index (κ2) is 6.58. The molecule has 2 heterocycles. The lowest BCUT2D eigenvalue weighted by Gasteiger charge is -2.16. The van der Waals surface area contributed by atoms with Crippen LogP contribution >= 0.6 is 0 Å². The van der Waals surface area contributed by atoms with Gasteiger partial charge in [-0.25, -0.2) is 0 Å². The van der Waals surface area contributed by atoms with Crippen LogP contribution < -0.4 is 10.5 Å². The lowest BCUT2D eigenvalue weighted by atomic mass is 10.1. The Morgan fingerprint density at radius 3 is 2.73 bits per heavy atom. The molecule has 0 bridgehead atoms. The normalized spacial score (nSPS) is 17.5. The second-order valence-electron chi connectivity index (χ2n) is 5.46. The number of nitrogens with two attached hydrogens (primary N) is 1. The van der Waals surface area contributed by atoms with E-state index < -0.39 is 0 Å². The third kappa shape index (κ3) is 3.26. The van der Waals surface area contributed by atoms with Crippen LogP contribution in [0.3, 0.4) is 0 Å². The third-order valence-electron chi connectivity index (χ3n) is 3.88. The van der Waals surface area contributed by atoms with Crippen LogP contribution in [0.15, 0.2) is 48.8 Å². The fraction of sp³-hybridized carbons (Fsp3) is 0.294. The molecule has 1 aromatic heterocycles. The summed E-state index contributed by atoms with van der Waals surface area (Å²) in [7, 11) is 0. The van der Waals surface area contributed by atoms with Gasteiger partial charge >= 0.3 is 0 Å². The monoisotopic (exact) mass is 297 g/mol. The lowest BCUT2D eigenvalue weighted by Crippen LogP contribution is -2.29. The van der Waals surface area contributed by atoms with E-state index in [1.54, 1.807) is 36.7 Å². The maximum atomic E-state index is 12.4. The fourth-order valence-corrected chi connectivity index (χ4v) is 2.60. The van der Waals surface area contributed by atoms with Crippen molar-refractivity contribution in [3.63, 3.8) is 0 Å². The molecule has 1 aliphatic rings. The number of likely N-dealkylation sites (tertiary alicyclic amines) is 1. The molecular weight excluding hydrogens is 278 g/mol. The van der Waals surface area contributed by atoms with Gasteiger partial charge in [0.25, 0.3) is 5.91 Å². The van der Waals surface area contributed by atoms with Crippen molar-refractivity contribution in [1.82, 2.24) is 9.88 Å². The number of aromatic nitrogens is 1. The van der Waals surface area contributed by atoms with Crippen LogP contribution in [0.25, 0.3) is 0 Å². The number of rotatable bonds is 4. The van der Waals surface area contributed by atoms with Gasteiger partial charge in [0, 0.05) is 24.8 Å². The first-order valence-electron chi connectivity index (χ1n) is 7.43. The first-order valence-corrected chi connectivity index (χ1v) is 7.43. The van der Waals surface area contributed by atoms with Gasteiger partial charge in [-0.2, -0.15) is 0 Å². The molecule has 2 aromatic rings. The highest BCUT2D eigenvalue weighted by molar-refractivity contribution is 5.94. The Morgan fingerprint density at radius 2 is 2.09 bits per heavy atom. The molecule has 0 radical (unpaired) electrons. The van der Waals surface area contributed by atoms with E-state index in [4.69, 9.17) is 10.5 Å². The van der Waals surface area contributed by atoms with E-state index >= 15 is 0 Å². The summed E-state index contributed by atoms with van der Waals surface area (Å²) in [6, 6.07) is 10.8. The fourth-order valence-electron chi connectivity index (χ4n) is 2.60. The molecular formula is C17H19N3O2. The highest BCUT2D eigenvalue weighted by atomic mass is 16.5. The Bertz CT molecular complexity index is 628. The van der Waals surface area contributed by atoms with Crippen molar-refractivity contribution >= 4 is 5.91 Å². The molecule has 0 aliphatic carbocycles. The van der Waals surface area contributed by atoms with Crippen molar-refractivity contribution in [2.24, 2.45) is 11.7 Å². The zero-order valence-electron chi connectivity index (χ0n) is 12.3. The van der Waals surface area contributed by atoms with Crippen LogP contribution in [0.5, 0.6) is 11.5 Å². The molecule has 0 saturated carbocycles. The molecule has 2 N–H and O–H groups in total. The van der Waals surface area contributed by atoms with E-state index in [0.29, 0.717) is 29.5 Å². The van der Waals surface area contributed by atoms with Crippen molar-refractivity contribution in [2.45, 2.75) is 6.42 Å². The van der Waals surface area contributed by atoms with Gasteiger partial charge in [-0.15, -0.1) is 0 Å². The third-order valence-corrected chi connectivity index (χ3v) is 3.88. The topological polar surface area (TPSA) is 68.5 Å². The molecule has 114 valence electrons. The first kappa shape index (κ1) is 14.5. The van der Waals surface area contributed by atoms with Gasteiger partial charge < -0.3 is 15.4 Å². The van der Waals surface area contributed by atoms with Crippen LogP contribution in [0.4, 0.5) is 0 Å². The highest BCUT2D eigenvalue weighted by Crippen LogP contribution is 2.22. The van der Waals surface area contributed by atoms with Crippen molar-refractivity contribution in [1.29, 1.82) is 0 Å². The summed E-state index contributed by atoms with van der Waals surface area (Å²) in [6.45, 7) is 2.18. The number of hydrogen-bond donors (Lipinski definition) is 1. The Hall–Kier alpha value is -2.40. The number of benzene rings is 1. The quantitative estimate of drug-likeness (QED) is 0.940. The number of hydrogen-bond acceptors (Lipinski definition) is 4. The molecule has 1 fully saturated rings. The highest BCUT2D eigenvalue weighted by Gasteiger charge is 2.25. The van der Waals surface area contributed by atoms with Crippen LogP contribution in [0.2, 0.25) is 0 Å². The number of pyridine rings is 1. The summed E-state index contributed by atoms with van der Waals surface area (Å²) in [5.74, 6) is 1.85. The van der Waals surface area contributed by atoms with E-state index in [1.165, 1.54) is 0 Å². The average Bonchev–Trinajstić information content (AvgIpc) is 3.05. The zero-order chi connectivity index (χ0) is 15.4. The van der Waals surface area contributed by atoms with Crippen molar-refractivity contribution in [3.05, 3.63) is 54.4 Å². The van der Waals surface area contributed by atoms with Crippen molar-refractivity contribution < 1.29 is 9.53 Å². The molecule has 1 atom stereocenters. The van der Waals surface area contributed by atoms with E-state index in [9.17, 15) is 4.79 Å². The van der Waals surface area contributed by atoms with E-state index in [-0.39, 0.29) is 5.91 Å². The number of amides is 1. The smallest absolute Gasteiger partial charge is 0.253 e. The van der Waals surface area contributed by atoms with Crippen molar-refractivity contribution in [3.8, 4) is 11.5 Å². The van der Waals surface area contributed by atoms with Gasteiger partial charge in [0.2, 0.25) is 0 Å². The standard InChI is InChI=1S/C17H19N3O2/c18-10-13-7-9-20(12-13)17(21)14-3-5-15(6-4-14)22-16-2-1-8-19-11-16/h1-6,8,11,13H,7,9-10,12,18H2. The molecule has 1 aromatic carbocycles. The average molecular weight is 297 g/mol. The molecule has 22 heavy (non-hydrogen) atoms. The SMILES string of the molecule is NCC1CCN(C(=O)c2ccc(Oc3cccnc3)cc2)C1. The number of ether oxygens (including phenoxy) is 1. The molecule has 1 saturated heterocycles. The van der Waals surface area contributed by atoms with Crippen LogP contribution in [0.1, 0.15) is 16.8 Å². The molecule has 5 heteroatoms. The van der Waals surface area contributed by atoms with Gasteiger partial charge in [0.05, 0.1) is 6.20 Å². The maximum Gasteiger partial charge on any atom is 0.253 e. The van der Waals surface area contributed by atoms with Crippen molar-refractivity contribution in [2.75, 3.05) is 19.6 Å². The minimum atomic E-state index is 0.0591.